The molecular formula is C12H8ClN3S. The lowest BCUT2D eigenvalue weighted by molar-refractivity contribution is 1.26. The number of hydrogen-bond acceptors (Lipinski definition) is 4. The summed E-state index contributed by atoms with van der Waals surface area (Å²) in [6.45, 7) is 0. The highest BCUT2D eigenvalue weighted by molar-refractivity contribution is 7.99. The number of nitrogens with two attached hydrogens (primary N) is 1. The Bertz CT molecular complexity index is 593. The topological polar surface area (TPSA) is 62.7 Å². The van der Waals surface area contributed by atoms with Gasteiger partial charge in [0.1, 0.15) is 6.07 Å². The van der Waals surface area contributed by atoms with Crippen LogP contribution in [0.2, 0.25) is 5.02 Å². The molecule has 84 valence electrons. The summed E-state index contributed by atoms with van der Waals surface area (Å²) in [6, 6.07) is 9.08. The maximum atomic E-state index is 9.01. The standard InChI is InChI=1S/C12H8ClN3S/c13-9-2-1-8(6-14)12(5-9)17-11-3-4-16-7-10(11)15/h1-5,7H,15H2. The SMILES string of the molecule is N#Cc1ccc(Cl)cc1Sc1ccncc1N. The van der Waals surface area contributed by atoms with E-state index in [-0.39, 0.29) is 0 Å². The predicted molar refractivity (Wildman–Crippen MR) is 68.9 cm³/mol. The Morgan fingerprint density at radius 1 is 1.29 bits per heavy atom. The van der Waals surface area contributed by atoms with Gasteiger partial charge in [0.25, 0.3) is 0 Å². The second kappa shape index (κ2) is 5.09. The molecule has 0 fully saturated rings. The first kappa shape index (κ1) is 11.8. The third kappa shape index (κ3) is 2.70. The quantitative estimate of drug-likeness (QED) is 0.901. The van der Waals surface area contributed by atoms with Crippen LogP contribution in [0.4, 0.5) is 5.69 Å². The second-order valence-corrected chi connectivity index (χ2v) is 4.79. The van der Waals surface area contributed by atoms with Gasteiger partial charge in [0, 0.05) is 21.0 Å². The predicted octanol–water partition coefficient (Wildman–Crippen LogP) is 3.34. The molecule has 1 heterocycles. The second-order valence-electron chi connectivity index (χ2n) is 3.27. The minimum Gasteiger partial charge on any atom is -0.397 e. The number of anilines is 1. The van der Waals surface area contributed by atoms with Crippen LogP contribution in [0, 0.1) is 11.3 Å². The molecule has 2 aromatic rings. The molecule has 0 saturated carbocycles. The molecule has 0 aliphatic carbocycles. The van der Waals surface area contributed by atoms with Crippen molar-refractivity contribution < 1.29 is 0 Å². The Hall–Kier alpha value is -1.70. The van der Waals surface area contributed by atoms with Crippen molar-refractivity contribution in [1.82, 2.24) is 4.98 Å². The Balaban J connectivity index is 2.40. The highest BCUT2D eigenvalue weighted by Gasteiger charge is 2.07. The molecule has 0 bridgehead atoms. The molecule has 0 spiro atoms. The van der Waals surface area contributed by atoms with E-state index in [2.05, 4.69) is 11.1 Å². The summed E-state index contributed by atoms with van der Waals surface area (Å²) in [4.78, 5) is 5.57. The van der Waals surface area contributed by atoms with Gasteiger partial charge in [0.15, 0.2) is 0 Å². The number of pyridine rings is 1. The molecule has 0 radical (unpaired) electrons. The highest BCUT2D eigenvalue weighted by atomic mass is 35.5. The highest BCUT2D eigenvalue weighted by Crippen LogP contribution is 2.34. The molecule has 3 nitrogen and oxygen atoms in total. The zero-order valence-electron chi connectivity index (χ0n) is 8.72. The molecule has 1 aromatic carbocycles. The zero-order chi connectivity index (χ0) is 12.3. The zero-order valence-corrected chi connectivity index (χ0v) is 10.3. The van der Waals surface area contributed by atoms with Crippen molar-refractivity contribution in [2.75, 3.05) is 5.73 Å². The fourth-order valence-electron chi connectivity index (χ4n) is 1.28. The van der Waals surface area contributed by atoms with E-state index in [0.717, 1.165) is 9.79 Å². The maximum Gasteiger partial charge on any atom is 0.100 e. The first-order chi connectivity index (χ1) is 8.20. The minimum atomic E-state index is 0.579. The van der Waals surface area contributed by atoms with Crippen molar-refractivity contribution in [3.63, 3.8) is 0 Å². The summed E-state index contributed by atoms with van der Waals surface area (Å²) < 4.78 is 0. The average molecular weight is 262 g/mol. The number of nitrogen functional groups attached to an aromatic ring is 1. The normalized spacial score (nSPS) is 9.88. The molecule has 0 aliphatic heterocycles. The fourth-order valence-corrected chi connectivity index (χ4v) is 2.46. The number of nitrogens with zero attached hydrogens (tertiary/aromatic N) is 2. The van der Waals surface area contributed by atoms with E-state index >= 15 is 0 Å². The van der Waals surface area contributed by atoms with Gasteiger partial charge in [-0.3, -0.25) is 4.98 Å². The molecule has 1 aromatic heterocycles. The number of nitriles is 1. The van der Waals surface area contributed by atoms with Gasteiger partial charge in [0.2, 0.25) is 0 Å². The summed E-state index contributed by atoms with van der Waals surface area (Å²) in [5.74, 6) is 0. The molecule has 0 unspecified atom stereocenters. The Morgan fingerprint density at radius 2 is 2.12 bits per heavy atom. The van der Waals surface area contributed by atoms with E-state index in [1.807, 2.05) is 6.07 Å². The van der Waals surface area contributed by atoms with Crippen LogP contribution in [0.15, 0.2) is 46.5 Å². The summed E-state index contributed by atoms with van der Waals surface area (Å²) in [5.41, 5.74) is 6.96. The van der Waals surface area contributed by atoms with Crippen LogP contribution in [-0.2, 0) is 0 Å². The van der Waals surface area contributed by atoms with Crippen molar-refractivity contribution >= 4 is 29.1 Å². The molecule has 0 atom stereocenters. The summed E-state index contributed by atoms with van der Waals surface area (Å²) >= 11 is 7.32. The molecule has 2 N–H and O–H groups in total. The largest absolute Gasteiger partial charge is 0.397 e. The number of rotatable bonds is 2. The van der Waals surface area contributed by atoms with Crippen molar-refractivity contribution in [3.8, 4) is 6.07 Å². The van der Waals surface area contributed by atoms with Crippen molar-refractivity contribution in [2.45, 2.75) is 9.79 Å². The summed E-state index contributed by atoms with van der Waals surface area (Å²) in [6.07, 6.45) is 3.24. The summed E-state index contributed by atoms with van der Waals surface area (Å²) in [7, 11) is 0. The van der Waals surface area contributed by atoms with E-state index in [1.54, 1.807) is 30.6 Å². The van der Waals surface area contributed by atoms with Crippen LogP contribution >= 0.6 is 23.4 Å². The Kier molecular flexibility index (Phi) is 3.52. The van der Waals surface area contributed by atoms with Crippen LogP contribution in [0.3, 0.4) is 0 Å². The lowest BCUT2D eigenvalue weighted by Crippen LogP contribution is -1.90. The molecular weight excluding hydrogens is 254 g/mol. The van der Waals surface area contributed by atoms with E-state index in [4.69, 9.17) is 22.6 Å². The van der Waals surface area contributed by atoms with Gasteiger partial charge in [-0.05, 0) is 24.3 Å². The maximum absolute atomic E-state index is 9.01. The van der Waals surface area contributed by atoms with Crippen LogP contribution in [0.1, 0.15) is 5.56 Å². The first-order valence-electron chi connectivity index (χ1n) is 4.77. The molecule has 2 rings (SSSR count). The van der Waals surface area contributed by atoms with Gasteiger partial charge in [-0.2, -0.15) is 5.26 Å². The van der Waals surface area contributed by atoms with Crippen molar-refractivity contribution in [3.05, 3.63) is 47.2 Å². The van der Waals surface area contributed by atoms with Crippen LogP contribution in [0.25, 0.3) is 0 Å². The van der Waals surface area contributed by atoms with Crippen LogP contribution in [-0.4, -0.2) is 4.98 Å². The number of benzene rings is 1. The third-order valence-corrected chi connectivity index (χ3v) is 3.48. The van der Waals surface area contributed by atoms with Crippen LogP contribution in [0.5, 0.6) is 0 Å². The van der Waals surface area contributed by atoms with Gasteiger partial charge in [-0.25, -0.2) is 0 Å². The van der Waals surface area contributed by atoms with Crippen molar-refractivity contribution in [1.29, 1.82) is 5.26 Å². The van der Waals surface area contributed by atoms with E-state index in [1.165, 1.54) is 11.8 Å². The van der Waals surface area contributed by atoms with Gasteiger partial charge in [-0.1, -0.05) is 23.4 Å². The first-order valence-corrected chi connectivity index (χ1v) is 5.97. The smallest absolute Gasteiger partial charge is 0.100 e. The number of halogens is 1. The van der Waals surface area contributed by atoms with Gasteiger partial charge >= 0.3 is 0 Å². The number of hydrogen-bond donors (Lipinski definition) is 1. The molecule has 0 amide bonds. The lowest BCUT2D eigenvalue weighted by Gasteiger charge is -2.06. The Morgan fingerprint density at radius 3 is 2.82 bits per heavy atom. The van der Waals surface area contributed by atoms with Gasteiger partial charge < -0.3 is 5.73 Å². The van der Waals surface area contributed by atoms with Gasteiger partial charge in [-0.15, -0.1) is 0 Å². The number of aromatic nitrogens is 1. The van der Waals surface area contributed by atoms with Crippen LogP contribution < -0.4 is 5.73 Å². The minimum absolute atomic E-state index is 0.579. The molecule has 17 heavy (non-hydrogen) atoms. The monoisotopic (exact) mass is 261 g/mol. The van der Waals surface area contributed by atoms with E-state index in [0.29, 0.717) is 16.3 Å². The molecule has 5 heteroatoms. The fraction of sp³-hybridized carbons (Fsp3) is 0. The average Bonchev–Trinajstić information content (AvgIpc) is 2.32. The van der Waals surface area contributed by atoms with E-state index in [9.17, 15) is 0 Å². The van der Waals surface area contributed by atoms with E-state index < -0.39 is 0 Å². The van der Waals surface area contributed by atoms with Gasteiger partial charge in [0.05, 0.1) is 17.4 Å². The van der Waals surface area contributed by atoms with Crippen molar-refractivity contribution in [2.24, 2.45) is 0 Å². The Labute approximate surface area is 108 Å². The molecule has 0 saturated heterocycles. The summed E-state index contributed by atoms with van der Waals surface area (Å²) in [5, 5.41) is 9.60. The lowest BCUT2D eigenvalue weighted by atomic mass is 10.2. The third-order valence-electron chi connectivity index (χ3n) is 2.09. The molecule has 0 aliphatic rings.